The molecule has 0 atom stereocenters. The second-order valence-corrected chi connectivity index (χ2v) is 5.42. The molecule has 94 valence electrons. The number of aryl methyl sites for hydroxylation is 3. The Bertz CT molecular complexity index is 369. The van der Waals surface area contributed by atoms with E-state index in [1.165, 1.54) is 22.4 Å². The van der Waals surface area contributed by atoms with E-state index in [4.69, 9.17) is 0 Å². The maximum atomic E-state index is 9.51. The van der Waals surface area contributed by atoms with Crippen molar-refractivity contribution in [2.45, 2.75) is 58.6 Å². The molecule has 1 fully saturated rings. The SMILES string of the molecule is Cc1cc(C)c(NC2CCC(O)CC2)c(C)c1. The largest absolute Gasteiger partial charge is 0.393 e. The summed E-state index contributed by atoms with van der Waals surface area (Å²) in [7, 11) is 0. The lowest BCUT2D eigenvalue weighted by atomic mass is 9.92. The Labute approximate surface area is 104 Å². The Morgan fingerprint density at radius 2 is 1.53 bits per heavy atom. The molecule has 2 rings (SSSR count). The van der Waals surface area contributed by atoms with Crippen LogP contribution in [-0.4, -0.2) is 17.3 Å². The smallest absolute Gasteiger partial charge is 0.0541 e. The van der Waals surface area contributed by atoms with E-state index in [-0.39, 0.29) is 6.10 Å². The molecule has 0 amide bonds. The number of anilines is 1. The minimum absolute atomic E-state index is 0.0757. The molecule has 1 aliphatic carbocycles. The van der Waals surface area contributed by atoms with Gasteiger partial charge in [0.1, 0.15) is 0 Å². The van der Waals surface area contributed by atoms with Crippen LogP contribution in [0.25, 0.3) is 0 Å². The summed E-state index contributed by atoms with van der Waals surface area (Å²) in [5, 5.41) is 13.2. The number of aliphatic hydroxyl groups is 1. The first-order chi connectivity index (χ1) is 8.06. The van der Waals surface area contributed by atoms with E-state index < -0.39 is 0 Å². The molecule has 0 spiro atoms. The van der Waals surface area contributed by atoms with E-state index in [1.807, 2.05) is 0 Å². The zero-order chi connectivity index (χ0) is 12.4. The molecule has 0 bridgehead atoms. The maximum absolute atomic E-state index is 9.51. The van der Waals surface area contributed by atoms with E-state index in [9.17, 15) is 5.11 Å². The molecule has 2 N–H and O–H groups in total. The maximum Gasteiger partial charge on any atom is 0.0541 e. The van der Waals surface area contributed by atoms with Crippen molar-refractivity contribution in [2.75, 3.05) is 5.32 Å². The Hall–Kier alpha value is -1.02. The molecular formula is C15H23NO. The third-order valence-electron chi connectivity index (χ3n) is 3.72. The average Bonchev–Trinajstić information content (AvgIpc) is 2.26. The van der Waals surface area contributed by atoms with Crippen molar-refractivity contribution >= 4 is 5.69 Å². The summed E-state index contributed by atoms with van der Waals surface area (Å²) < 4.78 is 0. The van der Waals surface area contributed by atoms with Gasteiger partial charge >= 0.3 is 0 Å². The summed E-state index contributed by atoms with van der Waals surface area (Å²) in [4.78, 5) is 0. The summed E-state index contributed by atoms with van der Waals surface area (Å²) in [6.07, 6.45) is 3.94. The van der Waals surface area contributed by atoms with Crippen molar-refractivity contribution in [3.8, 4) is 0 Å². The van der Waals surface area contributed by atoms with Gasteiger partial charge in [-0.05, 0) is 57.6 Å². The molecule has 0 saturated heterocycles. The number of nitrogens with one attached hydrogen (secondary N) is 1. The second kappa shape index (κ2) is 5.09. The first-order valence-corrected chi connectivity index (χ1v) is 6.58. The van der Waals surface area contributed by atoms with Crippen LogP contribution in [0, 0.1) is 20.8 Å². The lowest BCUT2D eigenvalue weighted by Gasteiger charge is -2.28. The summed E-state index contributed by atoms with van der Waals surface area (Å²) in [5.74, 6) is 0. The molecule has 1 aliphatic rings. The van der Waals surface area contributed by atoms with Crippen LogP contribution in [0.3, 0.4) is 0 Å². The average molecular weight is 233 g/mol. The Balaban J connectivity index is 2.08. The van der Waals surface area contributed by atoms with Crippen LogP contribution >= 0.6 is 0 Å². The van der Waals surface area contributed by atoms with Gasteiger partial charge in [0.25, 0.3) is 0 Å². The van der Waals surface area contributed by atoms with Crippen molar-refractivity contribution in [1.29, 1.82) is 0 Å². The van der Waals surface area contributed by atoms with Crippen LogP contribution < -0.4 is 5.32 Å². The summed E-state index contributed by atoms with van der Waals surface area (Å²) in [5.41, 5.74) is 5.27. The number of aliphatic hydroxyl groups excluding tert-OH is 1. The van der Waals surface area contributed by atoms with Crippen molar-refractivity contribution in [3.63, 3.8) is 0 Å². The predicted molar refractivity (Wildman–Crippen MR) is 72.5 cm³/mol. The molecule has 2 heteroatoms. The highest BCUT2D eigenvalue weighted by Gasteiger charge is 2.19. The highest BCUT2D eigenvalue weighted by Crippen LogP contribution is 2.27. The number of hydrogen-bond donors (Lipinski definition) is 2. The summed E-state index contributed by atoms with van der Waals surface area (Å²) in [6, 6.07) is 4.98. The molecule has 1 aromatic carbocycles. The van der Waals surface area contributed by atoms with E-state index in [1.54, 1.807) is 0 Å². The van der Waals surface area contributed by atoms with Crippen molar-refractivity contribution < 1.29 is 5.11 Å². The van der Waals surface area contributed by atoms with Crippen LogP contribution in [0.5, 0.6) is 0 Å². The minimum atomic E-state index is -0.0757. The zero-order valence-corrected chi connectivity index (χ0v) is 11.1. The molecule has 0 unspecified atom stereocenters. The van der Waals surface area contributed by atoms with Gasteiger partial charge in [0.15, 0.2) is 0 Å². The minimum Gasteiger partial charge on any atom is -0.393 e. The van der Waals surface area contributed by atoms with Crippen LogP contribution in [0.15, 0.2) is 12.1 Å². The number of benzene rings is 1. The van der Waals surface area contributed by atoms with Crippen molar-refractivity contribution in [3.05, 3.63) is 28.8 Å². The van der Waals surface area contributed by atoms with Gasteiger partial charge in [-0.3, -0.25) is 0 Å². The lowest BCUT2D eigenvalue weighted by Crippen LogP contribution is -2.28. The number of rotatable bonds is 2. The molecule has 1 saturated carbocycles. The molecule has 17 heavy (non-hydrogen) atoms. The van der Waals surface area contributed by atoms with Gasteiger partial charge in [-0.2, -0.15) is 0 Å². The molecule has 0 radical (unpaired) electrons. The molecule has 2 nitrogen and oxygen atoms in total. The Kier molecular flexibility index (Phi) is 3.72. The summed E-state index contributed by atoms with van der Waals surface area (Å²) >= 11 is 0. The second-order valence-electron chi connectivity index (χ2n) is 5.42. The Morgan fingerprint density at radius 3 is 2.06 bits per heavy atom. The van der Waals surface area contributed by atoms with Crippen LogP contribution in [0.2, 0.25) is 0 Å². The number of hydrogen-bond acceptors (Lipinski definition) is 2. The van der Waals surface area contributed by atoms with Gasteiger partial charge in [0.05, 0.1) is 6.10 Å². The van der Waals surface area contributed by atoms with Gasteiger partial charge in [-0.1, -0.05) is 17.7 Å². The fourth-order valence-electron chi connectivity index (χ4n) is 2.83. The fourth-order valence-corrected chi connectivity index (χ4v) is 2.83. The molecule has 0 aromatic heterocycles. The zero-order valence-electron chi connectivity index (χ0n) is 11.1. The van der Waals surface area contributed by atoms with Crippen molar-refractivity contribution in [2.24, 2.45) is 0 Å². The quantitative estimate of drug-likeness (QED) is 0.821. The first-order valence-electron chi connectivity index (χ1n) is 6.58. The van der Waals surface area contributed by atoms with Crippen LogP contribution in [0.4, 0.5) is 5.69 Å². The van der Waals surface area contributed by atoms with Crippen molar-refractivity contribution in [1.82, 2.24) is 0 Å². The van der Waals surface area contributed by atoms with Crippen LogP contribution in [-0.2, 0) is 0 Å². The van der Waals surface area contributed by atoms with E-state index in [0.29, 0.717) is 6.04 Å². The third-order valence-corrected chi connectivity index (χ3v) is 3.72. The van der Waals surface area contributed by atoms with Gasteiger partial charge < -0.3 is 10.4 Å². The predicted octanol–water partition coefficient (Wildman–Crippen LogP) is 3.33. The highest BCUT2D eigenvalue weighted by atomic mass is 16.3. The van der Waals surface area contributed by atoms with Crippen LogP contribution in [0.1, 0.15) is 42.4 Å². The lowest BCUT2D eigenvalue weighted by molar-refractivity contribution is 0.126. The molecular weight excluding hydrogens is 210 g/mol. The monoisotopic (exact) mass is 233 g/mol. The molecule has 0 heterocycles. The normalized spacial score (nSPS) is 24.7. The van der Waals surface area contributed by atoms with E-state index in [0.717, 1.165) is 25.7 Å². The van der Waals surface area contributed by atoms with E-state index >= 15 is 0 Å². The highest BCUT2D eigenvalue weighted by molar-refractivity contribution is 5.58. The third kappa shape index (κ3) is 3.01. The van der Waals surface area contributed by atoms with Gasteiger partial charge in [0.2, 0.25) is 0 Å². The van der Waals surface area contributed by atoms with E-state index in [2.05, 4.69) is 38.2 Å². The standard InChI is InChI=1S/C15H23NO/c1-10-8-11(2)15(12(3)9-10)16-13-4-6-14(17)7-5-13/h8-9,13-14,16-17H,4-7H2,1-3H3. The van der Waals surface area contributed by atoms with Gasteiger partial charge in [-0.15, -0.1) is 0 Å². The molecule has 1 aromatic rings. The van der Waals surface area contributed by atoms with Gasteiger partial charge in [-0.25, -0.2) is 0 Å². The van der Waals surface area contributed by atoms with Gasteiger partial charge in [0, 0.05) is 11.7 Å². The topological polar surface area (TPSA) is 32.3 Å². The Morgan fingerprint density at radius 1 is 1.00 bits per heavy atom. The fraction of sp³-hybridized carbons (Fsp3) is 0.600. The summed E-state index contributed by atoms with van der Waals surface area (Å²) in [6.45, 7) is 6.47. The first kappa shape index (κ1) is 12.4. The molecule has 0 aliphatic heterocycles.